The number of piperidine rings is 1. The number of benzene rings is 1. The van der Waals surface area contributed by atoms with Crippen molar-refractivity contribution < 1.29 is 23.0 Å². The molecule has 10 nitrogen and oxygen atoms in total. The molecule has 1 aromatic carbocycles. The third-order valence-corrected chi connectivity index (χ3v) is 8.06. The molecule has 41 heavy (non-hydrogen) atoms. The van der Waals surface area contributed by atoms with Crippen molar-refractivity contribution in [1.82, 2.24) is 25.2 Å². The second-order valence-electron chi connectivity index (χ2n) is 10.7. The number of alkyl halides is 2. The number of carbonyl (C=O) groups is 1. The molecule has 6 rings (SSSR count). The molecule has 1 N–H and O–H groups in total. The highest BCUT2D eigenvalue weighted by atomic mass is 19.3. The summed E-state index contributed by atoms with van der Waals surface area (Å²) in [6, 6.07) is 9.05. The number of nitrogens with one attached hydrogen (secondary N) is 1. The van der Waals surface area contributed by atoms with Gasteiger partial charge in [0.05, 0.1) is 38.0 Å². The van der Waals surface area contributed by atoms with E-state index in [-0.39, 0.29) is 44.4 Å². The molecule has 3 saturated heterocycles. The number of ether oxygens (including phenoxy) is 2. The number of hydrogen-bond acceptors (Lipinski definition) is 9. The van der Waals surface area contributed by atoms with E-state index in [0.29, 0.717) is 51.0 Å². The van der Waals surface area contributed by atoms with E-state index in [4.69, 9.17) is 14.5 Å². The van der Waals surface area contributed by atoms with Gasteiger partial charge in [0.25, 0.3) is 11.8 Å². The van der Waals surface area contributed by atoms with Crippen molar-refractivity contribution in [2.24, 2.45) is 0 Å². The number of rotatable bonds is 7. The molecule has 5 heterocycles. The molecule has 3 aromatic rings. The van der Waals surface area contributed by atoms with Crippen molar-refractivity contribution in [1.29, 1.82) is 0 Å². The molecule has 1 amide bonds. The summed E-state index contributed by atoms with van der Waals surface area (Å²) in [5, 5.41) is 3.82. The second kappa shape index (κ2) is 12.2. The predicted octanol–water partition coefficient (Wildman–Crippen LogP) is 2.90. The first-order chi connectivity index (χ1) is 20.0. The maximum atomic E-state index is 14.0. The van der Waals surface area contributed by atoms with Gasteiger partial charge in [-0.25, -0.2) is 23.7 Å². The number of halogens is 2. The van der Waals surface area contributed by atoms with Crippen molar-refractivity contribution in [2.45, 2.75) is 24.8 Å². The molecule has 0 aliphatic carbocycles. The Morgan fingerprint density at radius 1 is 0.902 bits per heavy atom. The number of nitrogens with zero attached hydrogens (tertiary/aromatic N) is 6. The van der Waals surface area contributed by atoms with Crippen LogP contribution in [0.3, 0.4) is 0 Å². The average Bonchev–Trinajstić information content (AvgIpc) is 3.02. The molecule has 2 aromatic heterocycles. The number of morpholine rings is 2. The van der Waals surface area contributed by atoms with Crippen LogP contribution in [0.15, 0.2) is 42.7 Å². The number of hydrogen-bond donors (Lipinski definition) is 1. The molecule has 1 atom stereocenters. The number of pyridine rings is 1. The first-order valence-corrected chi connectivity index (χ1v) is 14.2. The van der Waals surface area contributed by atoms with Crippen molar-refractivity contribution >= 4 is 28.6 Å². The van der Waals surface area contributed by atoms with Crippen molar-refractivity contribution in [2.75, 3.05) is 82.0 Å². The smallest absolute Gasteiger partial charge is 0.252 e. The Hall–Kier alpha value is -3.48. The summed E-state index contributed by atoms with van der Waals surface area (Å²) in [6.07, 6.45) is 3.06. The Labute approximate surface area is 237 Å². The van der Waals surface area contributed by atoms with Gasteiger partial charge in [-0.15, -0.1) is 0 Å². The van der Waals surface area contributed by atoms with E-state index < -0.39 is 5.92 Å². The average molecular weight is 568 g/mol. The molecule has 1 unspecified atom stereocenters. The van der Waals surface area contributed by atoms with Crippen LogP contribution >= 0.6 is 0 Å². The lowest BCUT2D eigenvalue weighted by atomic mass is 10.0. The molecule has 3 aliphatic heterocycles. The Morgan fingerprint density at radius 2 is 1.56 bits per heavy atom. The zero-order chi connectivity index (χ0) is 28.2. The van der Waals surface area contributed by atoms with Gasteiger partial charge in [0, 0.05) is 87.6 Å². The molecule has 218 valence electrons. The number of carbonyl (C=O) groups excluding carboxylic acids is 1. The Bertz CT molecular complexity index is 1340. The van der Waals surface area contributed by atoms with Gasteiger partial charge in [0.1, 0.15) is 5.82 Å². The van der Waals surface area contributed by atoms with E-state index in [9.17, 15) is 13.6 Å². The molecular weight excluding hydrogens is 532 g/mol. The zero-order valence-electron chi connectivity index (χ0n) is 23.0. The molecule has 3 fully saturated rings. The molecule has 0 bridgehead atoms. The van der Waals surface area contributed by atoms with Crippen LogP contribution in [0.1, 0.15) is 34.8 Å². The van der Waals surface area contributed by atoms with Crippen LogP contribution in [0.25, 0.3) is 10.9 Å². The lowest BCUT2D eigenvalue weighted by molar-refractivity contribution is -0.0632. The summed E-state index contributed by atoms with van der Waals surface area (Å²) in [5.41, 5.74) is 2.04. The van der Waals surface area contributed by atoms with Crippen LogP contribution in [0.2, 0.25) is 0 Å². The normalized spacial score (nSPS) is 20.6. The Morgan fingerprint density at radius 3 is 2.24 bits per heavy atom. The monoisotopic (exact) mass is 567 g/mol. The van der Waals surface area contributed by atoms with E-state index in [1.54, 1.807) is 18.5 Å². The van der Waals surface area contributed by atoms with Gasteiger partial charge < -0.3 is 24.6 Å². The largest absolute Gasteiger partial charge is 0.378 e. The van der Waals surface area contributed by atoms with Crippen molar-refractivity contribution in [3.05, 3.63) is 53.9 Å². The number of amides is 1. The topological polar surface area (TPSA) is 96.0 Å². The van der Waals surface area contributed by atoms with Crippen LogP contribution in [0.4, 0.5) is 20.5 Å². The van der Waals surface area contributed by atoms with Crippen molar-refractivity contribution in [3.8, 4) is 0 Å². The molecule has 0 saturated carbocycles. The van der Waals surface area contributed by atoms with Crippen LogP contribution in [0.5, 0.6) is 0 Å². The van der Waals surface area contributed by atoms with Gasteiger partial charge in [0.2, 0.25) is 5.95 Å². The van der Waals surface area contributed by atoms with Gasteiger partial charge in [0.15, 0.2) is 0 Å². The first kappa shape index (κ1) is 27.7. The van der Waals surface area contributed by atoms with Crippen LogP contribution in [-0.4, -0.2) is 104 Å². The minimum Gasteiger partial charge on any atom is -0.378 e. The van der Waals surface area contributed by atoms with Gasteiger partial charge in [-0.3, -0.25) is 9.69 Å². The summed E-state index contributed by atoms with van der Waals surface area (Å²) >= 11 is 0. The zero-order valence-corrected chi connectivity index (χ0v) is 23.0. The van der Waals surface area contributed by atoms with Gasteiger partial charge >= 0.3 is 0 Å². The number of anilines is 2. The fourth-order valence-electron chi connectivity index (χ4n) is 5.65. The molecular formula is C29H35F2N7O3. The maximum Gasteiger partial charge on any atom is 0.252 e. The highest BCUT2D eigenvalue weighted by molar-refractivity contribution is 6.06. The second-order valence-corrected chi connectivity index (χ2v) is 10.7. The molecule has 12 heteroatoms. The number of likely N-dealkylation sites (tertiary alicyclic amines) is 1. The van der Waals surface area contributed by atoms with E-state index in [0.717, 1.165) is 35.4 Å². The fraction of sp³-hybridized carbons (Fsp3) is 0.517. The maximum absolute atomic E-state index is 14.0. The van der Waals surface area contributed by atoms with Crippen LogP contribution in [-0.2, 0) is 9.47 Å². The summed E-state index contributed by atoms with van der Waals surface area (Å²) in [5.74, 6) is -1.43. The lowest BCUT2D eigenvalue weighted by Crippen LogP contribution is -2.45. The van der Waals surface area contributed by atoms with Crippen LogP contribution in [0, 0.1) is 0 Å². The predicted molar refractivity (Wildman–Crippen MR) is 151 cm³/mol. The first-order valence-electron chi connectivity index (χ1n) is 14.2. The van der Waals surface area contributed by atoms with Gasteiger partial charge in [-0.1, -0.05) is 6.07 Å². The third-order valence-electron chi connectivity index (χ3n) is 8.06. The van der Waals surface area contributed by atoms with Gasteiger partial charge in [-0.2, -0.15) is 0 Å². The van der Waals surface area contributed by atoms with E-state index in [1.807, 2.05) is 29.2 Å². The van der Waals surface area contributed by atoms with Crippen molar-refractivity contribution in [3.63, 3.8) is 0 Å². The van der Waals surface area contributed by atoms with E-state index in [2.05, 4.69) is 25.1 Å². The fourth-order valence-corrected chi connectivity index (χ4v) is 5.65. The SMILES string of the molecule is O=C(NCC(c1cnc(N2CCOCC2)nc1)N1CCC(F)(F)CC1)c1cccc2nc(N3CCOCC3)ccc12. The highest BCUT2D eigenvalue weighted by Gasteiger charge is 2.37. The number of fused-ring (bicyclic) bond motifs is 1. The summed E-state index contributed by atoms with van der Waals surface area (Å²) in [6.45, 7) is 6.25. The minimum atomic E-state index is -2.67. The summed E-state index contributed by atoms with van der Waals surface area (Å²) in [7, 11) is 0. The van der Waals surface area contributed by atoms with E-state index in [1.165, 1.54) is 0 Å². The molecule has 0 spiro atoms. The lowest BCUT2D eigenvalue weighted by Gasteiger charge is -2.37. The van der Waals surface area contributed by atoms with Crippen LogP contribution < -0.4 is 15.1 Å². The minimum absolute atomic E-state index is 0.218. The Balaban J connectivity index is 1.19. The summed E-state index contributed by atoms with van der Waals surface area (Å²) < 4.78 is 38.8. The number of aromatic nitrogens is 3. The van der Waals surface area contributed by atoms with E-state index >= 15 is 0 Å². The molecule has 0 radical (unpaired) electrons. The third kappa shape index (κ3) is 6.39. The summed E-state index contributed by atoms with van der Waals surface area (Å²) in [4.78, 5) is 33.6. The highest BCUT2D eigenvalue weighted by Crippen LogP contribution is 2.32. The quantitative estimate of drug-likeness (QED) is 0.462. The standard InChI is InChI=1S/C29H35F2N7O3/c30-29(31)6-8-36(9-7-29)25(21-18-33-28(34-19-21)38-12-16-41-17-13-38)20-32-27(39)23-2-1-3-24-22(23)4-5-26(35-24)37-10-14-40-15-11-37/h1-5,18-19,25H,6-17,20H2,(H,32,39). The Kier molecular flexibility index (Phi) is 8.22. The van der Waals surface area contributed by atoms with Gasteiger partial charge in [-0.05, 0) is 24.3 Å². The molecule has 3 aliphatic rings.